The Labute approximate surface area is 140 Å². The Bertz CT molecular complexity index is 756. The van der Waals surface area contributed by atoms with Crippen LogP contribution in [0.1, 0.15) is 25.5 Å². The summed E-state index contributed by atoms with van der Waals surface area (Å²) in [4.78, 5) is 25.8. The summed E-state index contributed by atoms with van der Waals surface area (Å²) >= 11 is 0. The van der Waals surface area contributed by atoms with Gasteiger partial charge in [0.25, 0.3) is 0 Å². The number of rotatable bonds is 5. The molecule has 1 aliphatic heterocycles. The number of carbonyl (C=O) groups is 2. The molecule has 1 aromatic heterocycles. The maximum absolute atomic E-state index is 12.2. The van der Waals surface area contributed by atoms with Gasteiger partial charge in [-0.05, 0) is 38.5 Å². The van der Waals surface area contributed by atoms with Gasteiger partial charge in [0.05, 0.1) is 5.69 Å². The van der Waals surface area contributed by atoms with Crippen molar-refractivity contribution in [3.63, 3.8) is 0 Å². The summed E-state index contributed by atoms with van der Waals surface area (Å²) in [6, 6.07) is 8.70. The smallest absolute Gasteiger partial charge is 0.248 e. The van der Waals surface area contributed by atoms with Gasteiger partial charge < -0.3 is 14.7 Å². The Balaban J connectivity index is 1.64. The average molecular weight is 328 g/mol. The highest BCUT2D eigenvalue weighted by atomic mass is 16.5. The summed E-state index contributed by atoms with van der Waals surface area (Å²) in [6.07, 6.45) is 1.47. The second kappa shape index (κ2) is 6.74. The maximum Gasteiger partial charge on any atom is 0.248 e. The van der Waals surface area contributed by atoms with Gasteiger partial charge in [-0.2, -0.15) is 0 Å². The number of benzene rings is 1. The zero-order chi connectivity index (χ0) is 17.1. The van der Waals surface area contributed by atoms with E-state index in [2.05, 4.69) is 15.8 Å². The molecule has 7 nitrogen and oxygen atoms in total. The van der Waals surface area contributed by atoms with Crippen LogP contribution < -0.4 is 15.5 Å². The summed E-state index contributed by atoms with van der Waals surface area (Å²) < 4.78 is 4.98. The molecule has 2 aromatic rings. The summed E-state index contributed by atoms with van der Waals surface area (Å²) in [7, 11) is 0. The van der Waals surface area contributed by atoms with Crippen LogP contribution in [0, 0.1) is 6.92 Å². The van der Waals surface area contributed by atoms with Crippen molar-refractivity contribution in [1.29, 1.82) is 0 Å². The SMILES string of the molecule is Cc1cc(NC(=O)C(C)Nc2cccc(N3CCCC3=O)c2)on1. The second-order valence-corrected chi connectivity index (χ2v) is 5.89. The third-order valence-electron chi connectivity index (χ3n) is 3.88. The molecule has 0 saturated carbocycles. The second-order valence-electron chi connectivity index (χ2n) is 5.89. The highest BCUT2D eigenvalue weighted by molar-refractivity contribution is 5.97. The molecule has 1 atom stereocenters. The van der Waals surface area contributed by atoms with E-state index < -0.39 is 6.04 Å². The third-order valence-corrected chi connectivity index (χ3v) is 3.88. The molecular weight excluding hydrogens is 308 g/mol. The van der Waals surface area contributed by atoms with Gasteiger partial charge in [-0.15, -0.1) is 0 Å². The van der Waals surface area contributed by atoms with Gasteiger partial charge in [0, 0.05) is 30.4 Å². The molecule has 0 spiro atoms. The van der Waals surface area contributed by atoms with Crippen LogP contribution in [0.4, 0.5) is 17.3 Å². The van der Waals surface area contributed by atoms with E-state index in [1.165, 1.54) is 0 Å². The number of carbonyl (C=O) groups excluding carboxylic acids is 2. The van der Waals surface area contributed by atoms with Crippen molar-refractivity contribution in [3.05, 3.63) is 36.0 Å². The van der Waals surface area contributed by atoms with Crippen molar-refractivity contribution in [1.82, 2.24) is 5.16 Å². The Kier molecular flexibility index (Phi) is 4.50. The lowest BCUT2D eigenvalue weighted by atomic mass is 10.2. The van der Waals surface area contributed by atoms with Crippen molar-refractivity contribution in [2.45, 2.75) is 32.7 Å². The fourth-order valence-corrected chi connectivity index (χ4v) is 2.65. The first kappa shape index (κ1) is 16.0. The topological polar surface area (TPSA) is 87.5 Å². The molecule has 1 unspecified atom stereocenters. The molecule has 3 rings (SSSR count). The number of hydrogen-bond donors (Lipinski definition) is 2. The van der Waals surface area contributed by atoms with E-state index in [1.807, 2.05) is 24.3 Å². The quantitative estimate of drug-likeness (QED) is 0.881. The molecule has 7 heteroatoms. The van der Waals surface area contributed by atoms with Gasteiger partial charge in [0.1, 0.15) is 6.04 Å². The van der Waals surface area contributed by atoms with Crippen LogP contribution in [0.3, 0.4) is 0 Å². The van der Waals surface area contributed by atoms with Gasteiger partial charge >= 0.3 is 0 Å². The molecule has 1 aromatic carbocycles. The number of amides is 2. The lowest BCUT2D eigenvalue weighted by Crippen LogP contribution is -2.32. The van der Waals surface area contributed by atoms with Crippen molar-refractivity contribution < 1.29 is 14.1 Å². The van der Waals surface area contributed by atoms with E-state index in [-0.39, 0.29) is 11.8 Å². The van der Waals surface area contributed by atoms with Crippen LogP contribution >= 0.6 is 0 Å². The van der Waals surface area contributed by atoms with E-state index in [4.69, 9.17) is 4.52 Å². The highest BCUT2D eigenvalue weighted by Crippen LogP contribution is 2.24. The largest absolute Gasteiger partial charge is 0.374 e. The van der Waals surface area contributed by atoms with Crippen LogP contribution in [0.25, 0.3) is 0 Å². The fourth-order valence-electron chi connectivity index (χ4n) is 2.65. The lowest BCUT2D eigenvalue weighted by molar-refractivity contribution is -0.117. The normalized spacial score (nSPS) is 15.4. The number of aromatic nitrogens is 1. The van der Waals surface area contributed by atoms with Crippen LogP contribution in [0.15, 0.2) is 34.9 Å². The van der Waals surface area contributed by atoms with Crippen molar-refractivity contribution in [3.8, 4) is 0 Å². The molecule has 2 heterocycles. The Morgan fingerprint density at radius 3 is 2.88 bits per heavy atom. The zero-order valence-corrected chi connectivity index (χ0v) is 13.7. The molecule has 0 bridgehead atoms. The summed E-state index contributed by atoms with van der Waals surface area (Å²) in [5, 5.41) is 9.53. The zero-order valence-electron chi connectivity index (χ0n) is 13.7. The third kappa shape index (κ3) is 3.56. The molecule has 2 N–H and O–H groups in total. The molecule has 1 fully saturated rings. The number of aryl methyl sites for hydroxylation is 1. The molecular formula is C17H20N4O3. The van der Waals surface area contributed by atoms with E-state index in [0.717, 1.165) is 24.3 Å². The fraction of sp³-hybridized carbons (Fsp3) is 0.353. The monoisotopic (exact) mass is 328 g/mol. The van der Waals surface area contributed by atoms with Crippen LogP contribution in [0.2, 0.25) is 0 Å². The van der Waals surface area contributed by atoms with Crippen LogP contribution in [0.5, 0.6) is 0 Å². The van der Waals surface area contributed by atoms with Crippen molar-refractivity contribution >= 4 is 29.1 Å². The summed E-state index contributed by atoms with van der Waals surface area (Å²) in [6.45, 7) is 4.28. The number of hydrogen-bond acceptors (Lipinski definition) is 5. The average Bonchev–Trinajstić information content (AvgIpc) is 3.16. The van der Waals surface area contributed by atoms with Crippen LogP contribution in [-0.4, -0.2) is 29.6 Å². The summed E-state index contributed by atoms with van der Waals surface area (Å²) in [5.41, 5.74) is 2.33. The predicted octanol–water partition coefficient (Wildman–Crippen LogP) is 2.55. The molecule has 1 saturated heterocycles. The Hall–Kier alpha value is -2.83. The van der Waals surface area contributed by atoms with E-state index >= 15 is 0 Å². The molecule has 24 heavy (non-hydrogen) atoms. The first-order valence-corrected chi connectivity index (χ1v) is 7.94. The van der Waals surface area contributed by atoms with Gasteiger partial charge in [-0.3, -0.25) is 14.9 Å². The molecule has 1 aliphatic rings. The van der Waals surface area contributed by atoms with Crippen molar-refractivity contribution in [2.75, 3.05) is 22.1 Å². The first-order valence-electron chi connectivity index (χ1n) is 7.94. The molecule has 126 valence electrons. The van der Waals surface area contributed by atoms with Gasteiger partial charge in [-0.25, -0.2) is 0 Å². The van der Waals surface area contributed by atoms with Crippen molar-refractivity contribution in [2.24, 2.45) is 0 Å². The number of nitrogens with zero attached hydrogens (tertiary/aromatic N) is 2. The number of anilines is 3. The molecule has 2 amide bonds. The first-order chi connectivity index (χ1) is 11.5. The molecule has 0 aliphatic carbocycles. The number of nitrogens with one attached hydrogen (secondary N) is 2. The minimum Gasteiger partial charge on any atom is -0.374 e. The highest BCUT2D eigenvalue weighted by Gasteiger charge is 2.22. The lowest BCUT2D eigenvalue weighted by Gasteiger charge is -2.19. The van der Waals surface area contributed by atoms with Gasteiger partial charge in [0.2, 0.25) is 17.7 Å². The van der Waals surface area contributed by atoms with E-state index in [0.29, 0.717) is 18.0 Å². The molecule has 0 radical (unpaired) electrons. The van der Waals surface area contributed by atoms with E-state index in [1.54, 1.807) is 24.8 Å². The van der Waals surface area contributed by atoms with Crippen LogP contribution in [-0.2, 0) is 9.59 Å². The Morgan fingerprint density at radius 1 is 1.38 bits per heavy atom. The van der Waals surface area contributed by atoms with Gasteiger partial charge in [-0.1, -0.05) is 11.2 Å². The summed E-state index contributed by atoms with van der Waals surface area (Å²) in [5.74, 6) is 0.231. The minimum absolute atomic E-state index is 0.138. The predicted molar refractivity (Wildman–Crippen MR) is 91.0 cm³/mol. The standard InChI is InChI=1S/C17H20N4O3/c1-11-9-15(24-20-11)19-17(23)12(2)18-13-5-3-6-14(10-13)21-8-4-7-16(21)22/h3,5-6,9-10,12,18H,4,7-8H2,1-2H3,(H,19,23). The Morgan fingerprint density at radius 2 is 2.21 bits per heavy atom. The minimum atomic E-state index is -0.472. The maximum atomic E-state index is 12.2. The van der Waals surface area contributed by atoms with Gasteiger partial charge in [0.15, 0.2) is 0 Å². The van der Waals surface area contributed by atoms with E-state index in [9.17, 15) is 9.59 Å².